The molecule has 3 nitrogen and oxygen atoms in total. The van der Waals surface area contributed by atoms with E-state index in [0.29, 0.717) is 0 Å². The van der Waals surface area contributed by atoms with Crippen LogP contribution < -0.4 is 0 Å². The molecule has 25 heavy (non-hydrogen) atoms. The molecule has 0 atom stereocenters. The largest absolute Gasteiger partial charge is 0.286 e. The maximum atomic E-state index is 11.5. The summed E-state index contributed by atoms with van der Waals surface area (Å²) < 4.78 is 0. The van der Waals surface area contributed by atoms with E-state index in [1.165, 1.54) is 50.5 Å². The average Bonchev–Trinajstić information content (AvgIpc) is 3.40. The summed E-state index contributed by atoms with van der Waals surface area (Å²) in [4.78, 5) is 5.35. The first kappa shape index (κ1) is 15.9. The van der Waals surface area contributed by atoms with Crippen LogP contribution in [0.2, 0.25) is 0 Å². The number of hydrogen-bond acceptors (Lipinski definition) is 2. The lowest BCUT2D eigenvalue weighted by Gasteiger charge is -2.38. The molecule has 0 aliphatic heterocycles. The van der Waals surface area contributed by atoms with Gasteiger partial charge in [-0.05, 0) is 88.5 Å². The topological polar surface area (TPSA) is 35.8 Å². The fraction of sp³-hybridized carbons (Fsp3) is 0.682. The monoisotopic (exact) mass is 338 g/mol. The smallest absolute Gasteiger partial charge is 0.156 e. The highest BCUT2D eigenvalue weighted by Crippen LogP contribution is 2.53. The Morgan fingerprint density at radius 2 is 1.64 bits per heavy atom. The van der Waals surface area contributed by atoms with Crippen LogP contribution in [0.15, 0.2) is 29.3 Å². The number of aryl methyl sites for hydroxylation is 1. The van der Waals surface area contributed by atoms with E-state index in [2.05, 4.69) is 31.2 Å². The molecule has 0 unspecified atom stereocenters. The van der Waals surface area contributed by atoms with Gasteiger partial charge in [0.05, 0.1) is 11.1 Å². The Labute approximate surface area is 151 Å². The summed E-state index contributed by atoms with van der Waals surface area (Å²) in [6.07, 6.45) is 12.2. The van der Waals surface area contributed by atoms with Gasteiger partial charge >= 0.3 is 0 Å². The van der Waals surface area contributed by atoms with E-state index in [1.807, 2.05) is 0 Å². The molecule has 0 heterocycles. The van der Waals surface area contributed by atoms with Crippen molar-refractivity contribution in [2.24, 2.45) is 16.8 Å². The molecule has 1 aromatic carbocycles. The zero-order chi connectivity index (χ0) is 17.1. The molecule has 3 heteroatoms. The number of benzene rings is 1. The van der Waals surface area contributed by atoms with Gasteiger partial charge < -0.3 is 0 Å². The molecule has 1 N–H and O–H groups in total. The standard InChI is InChI=1S/C22H30N2O/c1-16-4-2-3-5-19(16)20(23-21-10-6-17(14-21)7-11-21)24(25)22-12-8-18(15-22)9-13-22/h2-5,17-18,25H,6-15H2,1H3. The lowest BCUT2D eigenvalue weighted by molar-refractivity contribution is -0.103. The van der Waals surface area contributed by atoms with Crippen molar-refractivity contribution in [3.63, 3.8) is 0 Å². The van der Waals surface area contributed by atoms with Gasteiger partial charge in [0.25, 0.3) is 0 Å². The second kappa shape index (κ2) is 5.57. The van der Waals surface area contributed by atoms with Gasteiger partial charge in [-0.2, -0.15) is 0 Å². The summed E-state index contributed by atoms with van der Waals surface area (Å²) in [5.41, 5.74) is 2.38. The van der Waals surface area contributed by atoms with Crippen LogP contribution in [0.25, 0.3) is 0 Å². The van der Waals surface area contributed by atoms with Crippen molar-refractivity contribution in [3.05, 3.63) is 35.4 Å². The summed E-state index contributed by atoms with van der Waals surface area (Å²) in [6, 6.07) is 8.45. The molecule has 4 bridgehead atoms. The van der Waals surface area contributed by atoms with Crippen LogP contribution in [0.1, 0.15) is 75.3 Å². The fourth-order valence-corrected chi connectivity index (χ4v) is 6.27. The molecule has 0 spiro atoms. The van der Waals surface area contributed by atoms with Gasteiger partial charge in [-0.15, -0.1) is 0 Å². The van der Waals surface area contributed by atoms with E-state index in [9.17, 15) is 5.21 Å². The Morgan fingerprint density at radius 1 is 1.00 bits per heavy atom. The Bertz CT molecular complexity index is 694. The predicted octanol–water partition coefficient (Wildman–Crippen LogP) is 5.10. The predicted molar refractivity (Wildman–Crippen MR) is 100.0 cm³/mol. The molecule has 0 aromatic heterocycles. The molecular weight excluding hydrogens is 308 g/mol. The van der Waals surface area contributed by atoms with Crippen molar-refractivity contribution in [2.45, 2.75) is 82.2 Å². The zero-order valence-electron chi connectivity index (χ0n) is 15.4. The van der Waals surface area contributed by atoms with Crippen molar-refractivity contribution in [1.82, 2.24) is 5.06 Å². The normalized spacial score (nSPS) is 39.4. The number of rotatable bonds is 3. The number of hydrogen-bond donors (Lipinski definition) is 1. The molecule has 4 aliphatic carbocycles. The van der Waals surface area contributed by atoms with E-state index in [0.717, 1.165) is 42.5 Å². The van der Waals surface area contributed by atoms with E-state index in [-0.39, 0.29) is 11.1 Å². The van der Waals surface area contributed by atoms with Crippen LogP contribution in [0.5, 0.6) is 0 Å². The van der Waals surface area contributed by atoms with E-state index < -0.39 is 0 Å². The van der Waals surface area contributed by atoms with E-state index in [4.69, 9.17) is 4.99 Å². The SMILES string of the molecule is Cc1ccccc1C(=NC12CCC(CC1)C2)N(O)C12CCC(CC1)C2. The molecule has 0 amide bonds. The summed E-state index contributed by atoms with van der Waals surface area (Å²) in [6.45, 7) is 2.15. The van der Waals surface area contributed by atoms with Gasteiger partial charge in [0.2, 0.25) is 0 Å². The highest BCUT2D eigenvalue weighted by atomic mass is 16.5. The Hall–Kier alpha value is -1.35. The summed E-state index contributed by atoms with van der Waals surface area (Å²) in [5.74, 6) is 2.55. The molecule has 134 valence electrons. The van der Waals surface area contributed by atoms with Crippen molar-refractivity contribution in [1.29, 1.82) is 0 Å². The molecule has 5 rings (SSSR count). The molecular formula is C22H30N2O. The number of nitrogens with zero attached hydrogens (tertiary/aromatic N) is 2. The fourth-order valence-electron chi connectivity index (χ4n) is 6.27. The van der Waals surface area contributed by atoms with E-state index >= 15 is 0 Å². The van der Waals surface area contributed by atoms with Crippen LogP contribution in [0.4, 0.5) is 0 Å². The molecule has 0 radical (unpaired) electrons. The minimum Gasteiger partial charge on any atom is -0.286 e. The Kier molecular flexibility index (Phi) is 3.54. The lowest BCUT2D eigenvalue weighted by atomic mass is 9.91. The van der Waals surface area contributed by atoms with Crippen molar-refractivity contribution < 1.29 is 5.21 Å². The molecule has 1 aromatic rings. The van der Waals surface area contributed by atoms with Crippen LogP contribution in [-0.4, -0.2) is 27.2 Å². The minimum absolute atomic E-state index is 0.0565. The van der Waals surface area contributed by atoms with Gasteiger partial charge in [-0.3, -0.25) is 10.2 Å². The molecule has 4 fully saturated rings. The summed E-state index contributed by atoms with van der Waals surface area (Å²) in [7, 11) is 0. The van der Waals surface area contributed by atoms with Gasteiger partial charge in [-0.25, -0.2) is 5.06 Å². The number of hydroxylamine groups is 2. The number of amidine groups is 1. The first-order valence-electron chi connectivity index (χ1n) is 10.2. The zero-order valence-corrected chi connectivity index (χ0v) is 15.4. The van der Waals surface area contributed by atoms with Gasteiger partial charge in [0.1, 0.15) is 0 Å². The quantitative estimate of drug-likeness (QED) is 0.473. The maximum absolute atomic E-state index is 11.5. The van der Waals surface area contributed by atoms with Gasteiger partial charge in [-0.1, -0.05) is 24.3 Å². The number of aliphatic imine (C=N–C) groups is 1. The van der Waals surface area contributed by atoms with Gasteiger partial charge in [0, 0.05) is 5.56 Å². The highest BCUT2D eigenvalue weighted by Gasteiger charge is 2.51. The molecule has 0 saturated heterocycles. The first-order valence-corrected chi connectivity index (χ1v) is 10.2. The third-order valence-corrected chi connectivity index (χ3v) is 7.79. The summed E-state index contributed by atoms with van der Waals surface area (Å²) >= 11 is 0. The maximum Gasteiger partial charge on any atom is 0.156 e. The van der Waals surface area contributed by atoms with E-state index in [1.54, 1.807) is 5.06 Å². The average molecular weight is 338 g/mol. The Morgan fingerprint density at radius 3 is 2.20 bits per heavy atom. The van der Waals surface area contributed by atoms with Gasteiger partial charge in [0.15, 0.2) is 5.84 Å². The first-order chi connectivity index (χ1) is 12.1. The third kappa shape index (κ3) is 2.46. The molecule has 4 saturated carbocycles. The second-order valence-electron chi connectivity index (χ2n) is 9.31. The van der Waals surface area contributed by atoms with Crippen LogP contribution in [0.3, 0.4) is 0 Å². The number of fused-ring (bicyclic) bond motifs is 4. The summed E-state index contributed by atoms with van der Waals surface area (Å²) in [5, 5.41) is 13.1. The van der Waals surface area contributed by atoms with Crippen molar-refractivity contribution in [2.75, 3.05) is 0 Å². The second-order valence-corrected chi connectivity index (χ2v) is 9.31. The van der Waals surface area contributed by atoms with Crippen molar-refractivity contribution >= 4 is 5.84 Å². The minimum atomic E-state index is -0.0565. The van der Waals surface area contributed by atoms with Crippen LogP contribution >= 0.6 is 0 Å². The molecule has 4 aliphatic rings. The lowest BCUT2D eigenvalue weighted by Crippen LogP contribution is -2.48. The van der Waals surface area contributed by atoms with Crippen molar-refractivity contribution in [3.8, 4) is 0 Å². The van der Waals surface area contributed by atoms with Crippen LogP contribution in [0, 0.1) is 18.8 Å². The highest BCUT2D eigenvalue weighted by molar-refractivity contribution is 6.00. The Balaban J connectivity index is 1.58. The third-order valence-electron chi connectivity index (χ3n) is 7.79. The van der Waals surface area contributed by atoms with Crippen LogP contribution in [-0.2, 0) is 0 Å².